The molecule has 0 bridgehead atoms. The van der Waals surface area contributed by atoms with Crippen LogP contribution in [0.1, 0.15) is 16.2 Å². The van der Waals surface area contributed by atoms with E-state index in [0.717, 1.165) is 5.69 Å². The highest BCUT2D eigenvalue weighted by Crippen LogP contribution is 2.10. The molecule has 5 nitrogen and oxygen atoms in total. The maximum Gasteiger partial charge on any atom is 0.271 e. The van der Waals surface area contributed by atoms with Crippen LogP contribution in [0.3, 0.4) is 0 Å². The molecule has 0 aromatic carbocycles. The highest BCUT2D eigenvalue weighted by molar-refractivity contribution is 7.13. The fourth-order valence-corrected chi connectivity index (χ4v) is 2.08. The second-order valence-electron chi connectivity index (χ2n) is 2.73. The molecule has 2 aromatic heterocycles. The zero-order chi connectivity index (χ0) is 10.7. The summed E-state index contributed by atoms with van der Waals surface area (Å²) in [6, 6.07) is 0. The summed E-state index contributed by atoms with van der Waals surface area (Å²) in [5.41, 5.74) is 8.35. The van der Waals surface area contributed by atoms with E-state index in [2.05, 4.69) is 15.3 Å². The molecule has 0 atom stereocenters. The van der Waals surface area contributed by atoms with Crippen molar-refractivity contribution in [1.82, 2.24) is 15.3 Å². The van der Waals surface area contributed by atoms with Crippen LogP contribution in [-0.4, -0.2) is 15.9 Å². The highest BCUT2D eigenvalue weighted by Gasteiger charge is 2.09. The minimum absolute atomic E-state index is 0.226. The number of carbonyl (C=O) groups is 1. The molecule has 0 unspecified atom stereocenters. The Kier molecular flexibility index (Phi) is 2.93. The third-order valence-corrected chi connectivity index (χ3v) is 2.98. The lowest BCUT2D eigenvalue weighted by Gasteiger charge is -1.99. The van der Waals surface area contributed by atoms with E-state index in [0.29, 0.717) is 17.4 Å². The van der Waals surface area contributed by atoms with Crippen LogP contribution in [0.25, 0.3) is 0 Å². The maximum atomic E-state index is 11.5. The van der Waals surface area contributed by atoms with Gasteiger partial charge in [-0.25, -0.2) is 9.97 Å². The van der Waals surface area contributed by atoms with Gasteiger partial charge in [-0.1, -0.05) is 0 Å². The van der Waals surface area contributed by atoms with E-state index >= 15 is 0 Å². The second kappa shape index (κ2) is 4.37. The number of nitrogen functional groups attached to an aromatic ring is 1. The molecule has 3 N–H and O–H groups in total. The predicted octanol–water partition coefficient (Wildman–Crippen LogP) is 1.11. The molecular weight excluding hydrogens is 232 g/mol. The number of hydrogen-bond acceptors (Lipinski definition) is 6. The van der Waals surface area contributed by atoms with Crippen LogP contribution < -0.4 is 11.1 Å². The van der Waals surface area contributed by atoms with Gasteiger partial charge in [0.1, 0.15) is 5.69 Å². The van der Waals surface area contributed by atoms with Crippen molar-refractivity contribution in [2.45, 2.75) is 6.54 Å². The largest absolute Gasteiger partial charge is 0.375 e. The van der Waals surface area contributed by atoms with Gasteiger partial charge in [-0.3, -0.25) is 4.79 Å². The Balaban J connectivity index is 1.93. The van der Waals surface area contributed by atoms with Crippen LogP contribution in [0.5, 0.6) is 0 Å². The summed E-state index contributed by atoms with van der Waals surface area (Å²) in [6.45, 7) is 0.416. The standard InChI is InChI=1S/C8H8N4OS2/c9-8-12-6(3-15-8)7(13)10-1-5-2-14-4-11-5/h2-4H,1H2,(H2,9,12)(H,10,13). The van der Waals surface area contributed by atoms with Crippen molar-refractivity contribution in [2.24, 2.45) is 0 Å². The Bertz CT molecular complexity index is 451. The minimum atomic E-state index is -0.226. The third-order valence-electron chi connectivity index (χ3n) is 1.67. The zero-order valence-corrected chi connectivity index (χ0v) is 9.27. The molecule has 1 amide bonds. The van der Waals surface area contributed by atoms with Crippen LogP contribution in [0.4, 0.5) is 5.13 Å². The Labute approximate surface area is 94.0 Å². The van der Waals surface area contributed by atoms with E-state index in [1.807, 2.05) is 5.38 Å². The van der Waals surface area contributed by atoms with Crippen molar-refractivity contribution in [1.29, 1.82) is 0 Å². The summed E-state index contributed by atoms with van der Waals surface area (Å²) in [6.07, 6.45) is 0. The Morgan fingerprint density at radius 1 is 1.53 bits per heavy atom. The van der Waals surface area contributed by atoms with Crippen molar-refractivity contribution < 1.29 is 4.79 Å². The third kappa shape index (κ3) is 2.51. The van der Waals surface area contributed by atoms with Gasteiger partial charge in [-0.15, -0.1) is 22.7 Å². The van der Waals surface area contributed by atoms with Crippen molar-refractivity contribution >= 4 is 33.7 Å². The van der Waals surface area contributed by atoms with Crippen molar-refractivity contribution in [3.8, 4) is 0 Å². The van der Waals surface area contributed by atoms with Gasteiger partial charge >= 0.3 is 0 Å². The average molecular weight is 240 g/mol. The molecule has 0 spiro atoms. The molecule has 0 fully saturated rings. The zero-order valence-electron chi connectivity index (χ0n) is 7.64. The molecule has 15 heavy (non-hydrogen) atoms. The smallest absolute Gasteiger partial charge is 0.271 e. The van der Waals surface area contributed by atoms with Gasteiger partial charge in [0.15, 0.2) is 5.13 Å². The highest BCUT2D eigenvalue weighted by atomic mass is 32.1. The van der Waals surface area contributed by atoms with E-state index < -0.39 is 0 Å². The Morgan fingerprint density at radius 2 is 2.40 bits per heavy atom. The number of carbonyl (C=O) groups excluding carboxylic acids is 1. The monoisotopic (exact) mass is 240 g/mol. The van der Waals surface area contributed by atoms with Gasteiger partial charge in [0.05, 0.1) is 17.7 Å². The van der Waals surface area contributed by atoms with E-state index in [-0.39, 0.29) is 5.91 Å². The molecule has 2 heterocycles. The van der Waals surface area contributed by atoms with Crippen LogP contribution in [0, 0.1) is 0 Å². The number of amides is 1. The molecule has 2 rings (SSSR count). The predicted molar refractivity (Wildman–Crippen MR) is 59.8 cm³/mol. The SMILES string of the molecule is Nc1nc(C(=O)NCc2cscn2)cs1. The van der Waals surface area contributed by atoms with Gasteiger partial charge in [-0.2, -0.15) is 0 Å². The van der Waals surface area contributed by atoms with Crippen molar-refractivity contribution in [2.75, 3.05) is 5.73 Å². The normalized spacial score (nSPS) is 10.1. The van der Waals surface area contributed by atoms with E-state index in [1.54, 1.807) is 10.9 Å². The molecule has 0 aliphatic carbocycles. The van der Waals surface area contributed by atoms with Crippen LogP contribution in [0.15, 0.2) is 16.3 Å². The number of aromatic nitrogens is 2. The lowest BCUT2D eigenvalue weighted by molar-refractivity contribution is 0.0946. The fourth-order valence-electron chi connectivity index (χ4n) is 0.978. The van der Waals surface area contributed by atoms with E-state index in [4.69, 9.17) is 5.73 Å². The molecule has 0 radical (unpaired) electrons. The number of rotatable bonds is 3. The summed E-state index contributed by atoms with van der Waals surface area (Å²) in [4.78, 5) is 19.4. The molecule has 0 aliphatic heterocycles. The topological polar surface area (TPSA) is 80.9 Å². The Morgan fingerprint density at radius 3 is 3.00 bits per heavy atom. The first-order valence-corrected chi connectivity index (χ1v) is 5.94. The first kappa shape index (κ1) is 10.1. The van der Waals surface area contributed by atoms with Gasteiger partial charge < -0.3 is 11.1 Å². The van der Waals surface area contributed by atoms with E-state index in [9.17, 15) is 4.79 Å². The molecule has 0 saturated carbocycles. The molecule has 78 valence electrons. The summed E-state index contributed by atoms with van der Waals surface area (Å²) in [7, 11) is 0. The van der Waals surface area contributed by atoms with Crippen LogP contribution in [-0.2, 0) is 6.54 Å². The summed E-state index contributed by atoms with van der Waals surface area (Å²) >= 11 is 2.74. The van der Waals surface area contributed by atoms with E-state index in [1.165, 1.54) is 22.7 Å². The Hall–Kier alpha value is -1.47. The number of anilines is 1. The van der Waals surface area contributed by atoms with Crippen LogP contribution >= 0.6 is 22.7 Å². The quantitative estimate of drug-likeness (QED) is 0.842. The average Bonchev–Trinajstić information content (AvgIpc) is 2.84. The van der Waals surface area contributed by atoms with Gasteiger partial charge in [0, 0.05) is 10.8 Å². The summed E-state index contributed by atoms with van der Waals surface area (Å²) in [5, 5.41) is 6.62. The van der Waals surface area contributed by atoms with Gasteiger partial charge in [0.2, 0.25) is 0 Å². The molecule has 2 aromatic rings. The molecule has 0 saturated heterocycles. The molecule has 7 heteroatoms. The molecular formula is C8H8N4OS2. The van der Waals surface area contributed by atoms with Crippen molar-refractivity contribution in [3.63, 3.8) is 0 Å². The van der Waals surface area contributed by atoms with Crippen LogP contribution in [0.2, 0.25) is 0 Å². The maximum absolute atomic E-state index is 11.5. The van der Waals surface area contributed by atoms with Crippen molar-refractivity contribution in [3.05, 3.63) is 27.7 Å². The second-order valence-corrected chi connectivity index (χ2v) is 4.34. The number of nitrogens with one attached hydrogen (secondary N) is 1. The fraction of sp³-hybridized carbons (Fsp3) is 0.125. The minimum Gasteiger partial charge on any atom is -0.375 e. The van der Waals surface area contributed by atoms with Gasteiger partial charge in [0.25, 0.3) is 5.91 Å². The number of nitrogens with zero attached hydrogens (tertiary/aromatic N) is 2. The lowest BCUT2D eigenvalue weighted by Crippen LogP contribution is -2.23. The first-order chi connectivity index (χ1) is 7.25. The summed E-state index contributed by atoms with van der Waals surface area (Å²) in [5.74, 6) is -0.226. The molecule has 0 aliphatic rings. The number of nitrogens with two attached hydrogens (primary N) is 1. The van der Waals surface area contributed by atoms with Gasteiger partial charge in [-0.05, 0) is 0 Å². The number of hydrogen-bond donors (Lipinski definition) is 2. The number of thiazole rings is 2. The first-order valence-electron chi connectivity index (χ1n) is 4.12. The summed E-state index contributed by atoms with van der Waals surface area (Å²) < 4.78 is 0. The lowest BCUT2D eigenvalue weighted by atomic mass is 10.4.